The van der Waals surface area contributed by atoms with E-state index in [0.29, 0.717) is 150 Å². The first-order chi connectivity index (χ1) is 60.1. The number of rotatable bonds is 26. The van der Waals surface area contributed by atoms with Gasteiger partial charge in [0.25, 0.3) is 29.4 Å². The van der Waals surface area contributed by atoms with Gasteiger partial charge in [0.2, 0.25) is 11.6 Å². The number of pyridine rings is 5. The fourth-order valence-electron chi connectivity index (χ4n) is 12.1. The highest BCUT2D eigenvalue weighted by molar-refractivity contribution is 6.51. The Bertz CT molecular complexity index is 6260. The summed E-state index contributed by atoms with van der Waals surface area (Å²) in [6.45, 7) is 6.19. The van der Waals surface area contributed by atoms with E-state index in [0.717, 1.165) is 11.0 Å². The zero-order valence-electron chi connectivity index (χ0n) is 67.0. The minimum Gasteiger partial charge on any atom is -0.490 e. The molecule has 0 saturated carbocycles. The molecular formula is C84H86ClN21O18. The van der Waals surface area contributed by atoms with Gasteiger partial charge in [-0.05, 0) is 117 Å². The molecule has 0 radical (unpaired) electrons. The lowest BCUT2D eigenvalue weighted by molar-refractivity contribution is -0.112. The third kappa shape index (κ3) is 21.1. The van der Waals surface area contributed by atoms with Gasteiger partial charge in [-0.2, -0.15) is 0 Å². The van der Waals surface area contributed by atoms with E-state index in [1.165, 1.54) is 30.4 Å². The molecule has 6 aliphatic rings. The van der Waals surface area contributed by atoms with Crippen molar-refractivity contribution in [1.82, 2.24) is 58.7 Å². The molecule has 5 aliphatic carbocycles. The van der Waals surface area contributed by atoms with Gasteiger partial charge >= 0.3 is 0 Å². The van der Waals surface area contributed by atoms with Crippen molar-refractivity contribution in [2.24, 2.45) is 42.2 Å². The van der Waals surface area contributed by atoms with Gasteiger partial charge in [0.05, 0.1) is 131 Å². The van der Waals surface area contributed by atoms with Gasteiger partial charge in [-0.25, -0.2) is 47.5 Å². The maximum Gasteiger partial charge on any atom is 0.260 e. The number of nitrogens with zero attached hydrogens (tertiary/aromatic N) is 15. The molecule has 39 nitrogen and oxygen atoms in total. The maximum absolute atomic E-state index is 12.4. The number of nitrogens with one attached hydrogen (secondary N) is 3. The predicted molar refractivity (Wildman–Crippen MR) is 459 cm³/mol. The molecule has 0 spiro atoms. The molecule has 0 bridgehead atoms. The number of nitrogens with two attached hydrogens (primary N) is 3. The normalized spacial score (nSPS) is 16.7. The van der Waals surface area contributed by atoms with Crippen LogP contribution in [0, 0.1) is 5.41 Å². The number of fused-ring (bicyclic) bond motifs is 6. The number of ether oxygens (including phenoxy) is 7. The SMILES string of the molecule is CC1=CC(=Nc2c(OCCO)nn3ccccc23)C(N)=C(Cl)C1=O.CC1=CC(=Nc2c(OCCO)nn3ccccc23)C(N)=CC1=O.CC1=CC(=Nc2c(OCCO)nn3ccccc23)C(NCCO)=CC1=O.N=C1C=C(N)C(OCCO)=CC1=Nc1c(OCCO)nn2ccccc12.O=C1C=C2NCCOC2=CC1=Nc1c(OCCO)nn2ccccc12. The van der Waals surface area contributed by atoms with Crippen LogP contribution in [-0.4, -0.2) is 247 Å². The molecule has 16 rings (SSSR count). The fraction of sp³-hybridized carbons (Fsp3) is 0.226. The van der Waals surface area contributed by atoms with E-state index in [9.17, 15) is 19.2 Å². The Morgan fingerprint density at radius 3 is 1.24 bits per heavy atom. The first-order valence-corrected chi connectivity index (χ1v) is 38.8. The number of ketones is 4. The topological polar surface area (TPSA) is 549 Å². The van der Waals surface area contributed by atoms with Gasteiger partial charge in [-0.1, -0.05) is 41.9 Å². The number of carbonyl (C=O) groups excluding carboxylic acids is 4. The summed E-state index contributed by atoms with van der Waals surface area (Å²) >= 11 is 5.99. The lowest BCUT2D eigenvalue weighted by atomic mass is 10.0. The van der Waals surface area contributed by atoms with E-state index < -0.39 is 0 Å². The number of aliphatic hydroxyl groups excluding tert-OH is 7. The number of morpholine rings is 1. The van der Waals surface area contributed by atoms with Crippen LogP contribution in [0.3, 0.4) is 0 Å². The Kier molecular flexibility index (Phi) is 29.9. The third-order valence-corrected chi connectivity index (χ3v) is 18.3. The molecule has 642 valence electrons. The zero-order chi connectivity index (χ0) is 87.9. The molecule has 0 unspecified atom stereocenters. The Balaban J connectivity index is 0.000000141. The van der Waals surface area contributed by atoms with Gasteiger partial charge in [0.15, 0.2) is 40.0 Å². The summed E-state index contributed by atoms with van der Waals surface area (Å²) in [5.74, 6) is 1.52. The molecule has 16 N–H and O–H groups in total. The lowest BCUT2D eigenvalue weighted by Gasteiger charge is -2.23. The number of hydrogen-bond acceptors (Lipinski definition) is 34. The second kappa shape index (κ2) is 41.9. The third-order valence-electron chi connectivity index (χ3n) is 17.9. The van der Waals surface area contributed by atoms with Crippen LogP contribution < -0.4 is 51.5 Å². The average Bonchev–Trinajstić information content (AvgIpc) is 1.60. The number of Topliss-reactive ketones (excluding diaryl/α,β-unsaturated/α-hetero) is 1. The van der Waals surface area contributed by atoms with Crippen LogP contribution in [0.1, 0.15) is 20.8 Å². The second-order valence-corrected chi connectivity index (χ2v) is 27.0. The van der Waals surface area contributed by atoms with Crippen LogP contribution in [0.4, 0.5) is 28.4 Å². The largest absolute Gasteiger partial charge is 0.490 e. The number of halogens is 1. The van der Waals surface area contributed by atoms with Crippen LogP contribution in [0.5, 0.6) is 29.4 Å². The molecule has 0 atom stereocenters. The van der Waals surface area contributed by atoms with Gasteiger partial charge in [0, 0.05) is 80.0 Å². The Morgan fingerprint density at radius 1 is 0.435 bits per heavy atom. The smallest absolute Gasteiger partial charge is 0.260 e. The summed E-state index contributed by atoms with van der Waals surface area (Å²) in [6.07, 6.45) is 22.6. The van der Waals surface area contributed by atoms with E-state index in [1.807, 2.05) is 91.0 Å². The summed E-state index contributed by atoms with van der Waals surface area (Å²) in [4.78, 5) is 70.5. The van der Waals surface area contributed by atoms with Crippen LogP contribution >= 0.6 is 11.6 Å². The molecule has 1 fully saturated rings. The van der Waals surface area contributed by atoms with Crippen molar-refractivity contribution in [2.45, 2.75) is 20.8 Å². The summed E-state index contributed by atoms with van der Waals surface area (Å²) in [5, 5.41) is 98.7. The van der Waals surface area contributed by atoms with E-state index in [-0.39, 0.29) is 149 Å². The molecule has 0 amide bonds. The minimum atomic E-state index is -0.315. The fourth-order valence-corrected chi connectivity index (χ4v) is 12.3. The highest BCUT2D eigenvalue weighted by Gasteiger charge is 2.29. The van der Waals surface area contributed by atoms with Gasteiger partial charge in [0.1, 0.15) is 68.5 Å². The van der Waals surface area contributed by atoms with Crippen LogP contribution in [0.15, 0.2) is 263 Å². The number of allylic oxidation sites excluding steroid dienone is 13. The highest BCUT2D eigenvalue weighted by atomic mass is 35.5. The Labute approximate surface area is 710 Å². The van der Waals surface area contributed by atoms with E-state index in [2.05, 4.69) is 61.1 Å². The molecule has 40 heteroatoms. The van der Waals surface area contributed by atoms with Crippen molar-refractivity contribution in [3.8, 4) is 29.4 Å². The number of hydrogen-bond donors (Lipinski definition) is 13. The summed E-state index contributed by atoms with van der Waals surface area (Å²) in [5.41, 5.74) is 29.1. The molecule has 10 aromatic heterocycles. The van der Waals surface area contributed by atoms with E-state index >= 15 is 0 Å². The molecular weight excluding hydrogens is 1630 g/mol. The zero-order valence-corrected chi connectivity index (χ0v) is 67.8. The second-order valence-electron chi connectivity index (χ2n) is 26.6. The highest BCUT2D eigenvalue weighted by Crippen LogP contribution is 2.39. The quantitative estimate of drug-likeness (QED) is 0.0252. The van der Waals surface area contributed by atoms with Gasteiger partial charge in [-0.15, -0.1) is 25.5 Å². The summed E-state index contributed by atoms with van der Waals surface area (Å²) in [7, 11) is 0. The van der Waals surface area contributed by atoms with Crippen molar-refractivity contribution in [2.75, 3.05) is 106 Å². The van der Waals surface area contributed by atoms with Gasteiger partial charge < -0.3 is 96.7 Å². The first kappa shape index (κ1) is 88.4. The van der Waals surface area contributed by atoms with Crippen molar-refractivity contribution in [1.29, 1.82) is 5.41 Å². The molecule has 1 aliphatic heterocycles. The van der Waals surface area contributed by atoms with E-state index in [1.54, 1.807) is 98.6 Å². The van der Waals surface area contributed by atoms with Gasteiger partial charge in [-0.3, -0.25) is 24.6 Å². The standard InChI is InChI=1S/C18H20N4O4.C17H19N5O4.C17H16N4O4.C16H15ClN4O3.C16H16N4O3/c1-12-10-14(13(11-16(12)25)19-5-7-23)20-17-15-4-2-3-6-22(15)21-18(17)26-9-8-24;18-11-9-12(19)15(25-7-5-23)10-13(11)20-16-14-3-1-2-4-22(14)21-17(16)26-8-6-24;22-6-8-25-17-16(13-3-1-2-5-21(13)20-17)19-11-10-15-12(9-14(11)23)18-4-7-24-15;1-9-8-10(13(18)12(17)15(9)23)19-14-11-4-2-3-5-21(11)20-16(14)24-7-6-22;1-10-8-12(11(17)9-14(10)22)18-15-13-4-2-3-5-20(13)19-16(15)23-7-6-21/h2-4,6,10-11,19,23-24H,5,7-9H2,1H3;1-4,9-10,18,23-24H,5-8,19H2;1-3,5,9-10,18,22H,4,6-8H2;2-5,8,22H,6-7,18H2,1H3;2-5,8-9,21H,6-7,17H2,1H3. The summed E-state index contributed by atoms with van der Waals surface area (Å²) in [6, 6.07) is 27.6. The predicted octanol–water partition coefficient (Wildman–Crippen LogP) is 4.93. The molecule has 1 saturated heterocycles. The van der Waals surface area contributed by atoms with Crippen LogP contribution in [0.25, 0.3) is 27.6 Å². The number of aromatic nitrogens is 10. The maximum atomic E-state index is 12.4. The Hall–Kier alpha value is -14.8. The first-order valence-electron chi connectivity index (χ1n) is 38.4. The van der Waals surface area contributed by atoms with Crippen LogP contribution in [0.2, 0.25) is 0 Å². The summed E-state index contributed by atoms with van der Waals surface area (Å²) < 4.78 is 46.5. The van der Waals surface area contributed by atoms with Crippen molar-refractivity contribution in [3.63, 3.8) is 0 Å². The number of carbonyl (C=O) groups is 4. The lowest BCUT2D eigenvalue weighted by Crippen LogP contribution is -2.31. The molecule has 10 aromatic rings. The monoisotopic (exact) mass is 1710 g/mol. The average molecular weight is 1710 g/mol. The van der Waals surface area contributed by atoms with Crippen molar-refractivity contribution in [3.05, 3.63) is 238 Å². The molecule has 0 aromatic carbocycles. The Morgan fingerprint density at radius 2 is 0.815 bits per heavy atom. The number of aliphatic hydroxyl groups is 7. The minimum absolute atomic E-state index is 0.0527. The molecule has 11 heterocycles. The van der Waals surface area contributed by atoms with E-state index in [4.69, 9.17) is 103 Å². The van der Waals surface area contributed by atoms with Crippen molar-refractivity contribution >= 4 is 125 Å². The van der Waals surface area contributed by atoms with Crippen LogP contribution in [-0.2, 0) is 28.7 Å². The number of aliphatic imine (C=N–C) groups is 5. The molecule has 124 heavy (non-hydrogen) atoms. The van der Waals surface area contributed by atoms with Crippen molar-refractivity contribution < 1.29 is 88.1 Å².